The van der Waals surface area contributed by atoms with Gasteiger partial charge in [-0.25, -0.2) is 0 Å². The van der Waals surface area contributed by atoms with Gasteiger partial charge in [-0.05, 0) is 29.2 Å². The molecule has 1 aliphatic heterocycles. The van der Waals surface area contributed by atoms with Crippen molar-refractivity contribution in [1.82, 2.24) is 5.32 Å². The molecule has 0 fully saturated rings. The Labute approximate surface area is 175 Å². The van der Waals surface area contributed by atoms with Crippen LogP contribution in [0.5, 0.6) is 0 Å². The van der Waals surface area contributed by atoms with Gasteiger partial charge < -0.3 is 10.6 Å². The van der Waals surface area contributed by atoms with Crippen molar-refractivity contribution in [3.8, 4) is 6.07 Å². The lowest BCUT2D eigenvalue weighted by Gasteiger charge is -2.25. The zero-order chi connectivity index (χ0) is 20.8. The molecule has 29 heavy (non-hydrogen) atoms. The van der Waals surface area contributed by atoms with Crippen LogP contribution in [0.3, 0.4) is 0 Å². The van der Waals surface area contributed by atoms with Crippen molar-refractivity contribution >= 4 is 29.3 Å². The number of nitrogens with one attached hydrogen (secondary N) is 2. The number of para-hydroxylation sites is 1. The van der Waals surface area contributed by atoms with Crippen LogP contribution in [0.4, 0.5) is 5.69 Å². The van der Waals surface area contributed by atoms with Gasteiger partial charge in [0.25, 0.3) is 0 Å². The number of thioether (sulfide) groups is 1. The third kappa shape index (κ3) is 5.27. The van der Waals surface area contributed by atoms with Gasteiger partial charge in [0, 0.05) is 18.0 Å². The first kappa shape index (κ1) is 20.7. The molecule has 2 amide bonds. The summed E-state index contributed by atoms with van der Waals surface area (Å²) in [5, 5.41) is 15.8. The van der Waals surface area contributed by atoms with E-state index in [9.17, 15) is 14.9 Å². The van der Waals surface area contributed by atoms with Crippen molar-refractivity contribution in [2.45, 2.75) is 32.1 Å². The molecule has 1 heterocycles. The maximum atomic E-state index is 12.3. The maximum absolute atomic E-state index is 12.3. The highest BCUT2D eigenvalue weighted by atomic mass is 32.2. The van der Waals surface area contributed by atoms with E-state index in [4.69, 9.17) is 0 Å². The van der Waals surface area contributed by atoms with Crippen LogP contribution in [0.15, 0.2) is 65.2 Å². The first-order valence-electron chi connectivity index (χ1n) is 9.49. The summed E-state index contributed by atoms with van der Waals surface area (Å²) in [6.07, 6.45) is 0.226. The van der Waals surface area contributed by atoms with Gasteiger partial charge in [0.15, 0.2) is 0 Å². The number of hydrogen-bond acceptors (Lipinski definition) is 4. The van der Waals surface area contributed by atoms with Gasteiger partial charge in [0.1, 0.15) is 0 Å². The van der Waals surface area contributed by atoms with E-state index < -0.39 is 0 Å². The van der Waals surface area contributed by atoms with Gasteiger partial charge >= 0.3 is 0 Å². The summed E-state index contributed by atoms with van der Waals surface area (Å²) in [6.45, 7) is 4.25. The largest absolute Gasteiger partial charge is 0.325 e. The summed E-state index contributed by atoms with van der Waals surface area (Å²) in [5.74, 6) is -0.112. The second-order valence-electron chi connectivity index (χ2n) is 7.18. The van der Waals surface area contributed by atoms with Gasteiger partial charge in [0.05, 0.1) is 22.4 Å². The topological polar surface area (TPSA) is 82.0 Å². The van der Waals surface area contributed by atoms with Crippen molar-refractivity contribution in [1.29, 1.82) is 5.26 Å². The maximum Gasteiger partial charge on any atom is 0.234 e. The highest BCUT2D eigenvalue weighted by molar-refractivity contribution is 8.03. The molecule has 0 spiro atoms. The average molecular weight is 406 g/mol. The van der Waals surface area contributed by atoms with Crippen LogP contribution in [0.25, 0.3) is 0 Å². The van der Waals surface area contributed by atoms with Crippen LogP contribution in [0.2, 0.25) is 0 Å². The number of amides is 2. The summed E-state index contributed by atoms with van der Waals surface area (Å²) < 4.78 is 0. The van der Waals surface area contributed by atoms with E-state index in [1.165, 1.54) is 17.3 Å². The lowest BCUT2D eigenvalue weighted by molar-refractivity contribution is -0.121. The second-order valence-corrected chi connectivity index (χ2v) is 8.17. The lowest BCUT2D eigenvalue weighted by atomic mass is 9.86. The molecule has 1 unspecified atom stereocenters. The number of carbonyl (C=O) groups excluding carboxylic acids is 2. The molecule has 1 atom stereocenters. The zero-order valence-corrected chi connectivity index (χ0v) is 17.3. The Morgan fingerprint density at radius 2 is 1.90 bits per heavy atom. The van der Waals surface area contributed by atoms with E-state index in [0.29, 0.717) is 22.2 Å². The molecular formula is C23H23N3O2S. The van der Waals surface area contributed by atoms with Crippen molar-refractivity contribution in [3.63, 3.8) is 0 Å². The van der Waals surface area contributed by atoms with E-state index in [1.807, 2.05) is 54.6 Å². The Balaban J connectivity index is 1.76. The van der Waals surface area contributed by atoms with Crippen LogP contribution in [0, 0.1) is 11.3 Å². The third-order valence-corrected chi connectivity index (χ3v) is 5.78. The highest BCUT2D eigenvalue weighted by Crippen LogP contribution is 2.36. The van der Waals surface area contributed by atoms with Crippen LogP contribution in [-0.2, 0) is 9.59 Å². The molecule has 0 saturated carbocycles. The number of nitrogens with zero attached hydrogens (tertiary/aromatic N) is 1. The fraction of sp³-hybridized carbons (Fsp3) is 0.261. The molecule has 0 aliphatic carbocycles. The SMILES string of the molecule is CC(C)c1ccc(C2CC(=O)NC(SCC(=O)Nc3ccccc3)=C2C#N)cc1. The van der Waals surface area contributed by atoms with Crippen LogP contribution in [-0.4, -0.2) is 17.6 Å². The Kier molecular flexibility index (Phi) is 6.73. The van der Waals surface area contributed by atoms with E-state index >= 15 is 0 Å². The summed E-state index contributed by atoms with van der Waals surface area (Å²) in [4.78, 5) is 24.5. The molecule has 3 rings (SSSR count). The average Bonchev–Trinajstić information content (AvgIpc) is 2.72. The molecule has 1 aliphatic rings. The molecule has 0 radical (unpaired) electrons. The predicted octanol–water partition coefficient (Wildman–Crippen LogP) is 4.52. The molecular weight excluding hydrogens is 382 g/mol. The predicted molar refractivity (Wildman–Crippen MR) is 116 cm³/mol. The number of anilines is 1. The molecule has 6 heteroatoms. The number of hydrogen-bond donors (Lipinski definition) is 2. The standard InChI is InChI=1S/C23H23N3O2S/c1-15(2)16-8-10-17(11-9-16)19-12-21(27)26-23(20(19)13-24)29-14-22(28)25-18-6-4-3-5-7-18/h3-11,15,19H,12,14H2,1-2H3,(H,25,28)(H,26,27). The van der Waals surface area contributed by atoms with Crippen LogP contribution in [0.1, 0.15) is 43.2 Å². The molecule has 2 aromatic rings. The number of rotatable bonds is 6. The van der Waals surface area contributed by atoms with Gasteiger partial charge in [-0.3, -0.25) is 9.59 Å². The molecule has 148 valence electrons. The monoisotopic (exact) mass is 405 g/mol. The van der Waals surface area contributed by atoms with Crippen LogP contribution < -0.4 is 10.6 Å². The highest BCUT2D eigenvalue weighted by Gasteiger charge is 2.29. The first-order chi connectivity index (χ1) is 14.0. The summed E-state index contributed by atoms with van der Waals surface area (Å²) in [7, 11) is 0. The Hall–Kier alpha value is -3.04. The molecule has 2 N–H and O–H groups in total. The smallest absolute Gasteiger partial charge is 0.234 e. The number of allylic oxidation sites excluding steroid dienone is 1. The minimum Gasteiger partial charge on any atom is -0.325 e. The number of carbonyl (C=O) groups is 2. The second kappa shape index (κ2) is 9.44. The van der Waals surface area contributed by atoms with Crippen LogP contribution >= 0.6 is 11.8 Å². The fourth-order valence-corrected chi connectivity index (χ4v) is 4.06. The van der Waals surface area contributed by atoms with Crippen molar-refractivity contribution in [2.75, 3.05) is 11.1 Å². The van der Waals surface area contributed by atoms with Crippen molar-refractivity contribution < 1.29 is 9.59 Å². The van der Waals surface area contributed by atoms with E-state index in [2.05, 4.69) is 30.6 Å². The summed E-state index contributed by atoms with van der Waals surface area (Å²) in [6, 6.07) is 19.5. The normalized spacial score (nSPS) is 16.3. The van der Waals surface area contributed by atoms with E-state index in [1.54, 1.807) is 0 Å². The quantitative estimate of drug-likeness (QED) is 0.740. The Morgan fingerprint density at radius 1 is 1.21 bits per heavy atom. The van der Waals surface area contributed by atoms with Crippen molar-refractivity contribution in [2.24, 2.45) is 0 Å². The molecule has 2 aromatic carbocycles. The van der Waals surface area contributed by atoms with Gasteiger partial charge in [0.2, 0.25) is 11.8 Å². The lowest BCUT2D eigenvalue weighted by Crippen LogP contribution is -2.31. The Morgan fingerprint density at radius 3 is 2.52 bits per heavy atom. The minimum absolute atomic E-state index is 0.106. The first-order valence-corrected chi connectivity index (χ1v) is 10.5. The minimum atomic E-state index is -0.297. The molecule has 0 aromatic heterocycles. The number of benzene rings is 2. The van der Waals surface area contributed by atoms with Gasteiger partial charge in [-0.15, -0.1) is 0 Å². The zero-order valence-electron chi connectivity index (χ0n) is 16.4. The Bertz CT molecular complexity index is 960. The molecule has 0 saturated heterocycles. The number of nitriles is 1. The third-order valence-electron chi connectivity index (χ3n) is 4.77. The van der Waals surface area contributed by atoms with Gasteiger partial charge in [-0.1, -0.05) is 68.1 Å². The fourth-order valence-electron chi connectivity index (χ4n) is 3.19. The summed E-state index contributed by atoms with van der Waals surface area (Å²) in [5.41, 5.74) is 3.36. The van der Waals surface area contributed by atoms with E-state index in [0.717, 1.165) is 5.56 Å². The van der Waals surface area contributed by atoms with Gasteiger partial charge in [-0.2, -0.15) is 5.26 Å². The van der Waals surface area contributed by atoms with Crippen molar-refractivity contribution in [3.05, 3.63) is 76.3 Å². The van der Waals surface area contributed by atoms with E-state index in [-0.39, 0.29) is 29.9 Å². The molecule has 0 bridgehead atoms. The summed E-state index contributed by atoms with van der Waals surface area (Å²) >= 11 is 1.18. The molecule has 5 nitrogen and oxygen atoms in total.